The highest BCUT2D eigenvalue weighted by Crippen LogP contribution is 2.12. The van der Waals surface area contributed by atoms with Gasteiger partial charge in [0.25, 0.3) is 5.91 Å². The molecule has 128 valence electrons. The molecule has 1 amide bonds. The van der Waals surface area contributed by atoms with Crippen molar-refractivity contribution in [3.05, 3.63) is 77.4 Å². The number of carbonyl (C=O) groups is 1. The summed E-state index contributed by atoms with van der Waals surface area (Å²) in [4.78, 5) is 25.2. The van der Waals surface area contributed by atoms with Crippen LogP contribution in [0.2, 0.25) is 0 Å². The van der Waals surface area contributed by atoms with E-state index >= 15 is 0 Å². The van der Waals surface area contributed by atoms with Crippen LogP contribution in [-0.4, -0.2) is 20.9 Å². The molecule has 2 N–H and O–H groups in total. The molecule has 0 unspecified atom stereocenters. The maximum absolute atomic E-state index is 12.4. The molecule has 0 saturated heterocycles. The van der Waals surface area contributed by atoms with Gasteiger partial charge in [-0.3, -0.25) is 9.78 Å². The van der Waals surface area contributed by atoms with Crippen LogP contribution < -0.4 is 10.6 Å². The quantitative estimate of drug-likeness (QED) is 0.737. The van der Waals surface area contributed by atoms with Crippen molar-refractivity contribution in [2.45, 2.75) is 13.5 Å². The zero-order valence-electron chi connectivity index (χ0n) is 14.1. The van der Waals surface area contributed by atoms with E-state index in [2.05, 4.69) is 25.6 Å². The molecule has 0 fully saturated rings. The Bertz CT molecular complexity index is 948. The fraction of sp³-hybridized carbons (Fsp3) is 0.105. The predicted octanol–water partition coefficient (Wildman–Crippen LogP) is 2.92. The number of pyridine rings is 1. The zero-order chi connectivity index (χ0) is 18.4. The summed E-state index contributed by atoms with van der Waals surface area (Å²) in [6, 6.07) is 15.9. The summed E-state index contributed by atoms with van der Waals surface area (Å²) in [6.07, 6.45) is 1.71. The number of rotatable bonds is 5. The minimum atomic E-state index is -0.346. The molecule has 0 aliphatic heterocycles. The summed E-state index contributed by atoms with van der Waals surface area (Å²) in [7, 11) is 0. The minimum absolute atomic E-state index is 0.255. The standard InChI is InChI=1S/C19H16N6O/c1-13-10-17(18(26)24-15-7-5-14(11-20)6-8-15)25-19(23-13)22-12-16-4-2-3-9-21-16/h2-10H,12H2,1H3,(H,24,26)(H,22,23,25). The topological polar surface area (TPSA) is 104 Å². The monoisotopic (exact) mass is 344 g/mol. The molecular weight excluding hydrogens is 328 g/mol. The molecule has 26 heavy (non-hydrogen) atoms. The first-order chi connectivity index (χ1) is 12.6. The third-order valence-electron chi connectivity index (χ3n) is 3.51. The van der Waals surface area contributed by atoms with E-state index in [1.54, 1.807) is 43.5 Å². The van der Waals surface area contributed by atoms with Crippen LogP contribution >= 0.6 is 0 Å². The van der Waals surface area contributed by atoms with Gasteiger partial charge in [-0.25, -0.2) is 9.97 Å². The second kappa shape index (κ2) is 7.85. The summed E-state index contributed by atoms with van der Waals surface area (Å²) in [5.41, 5.74) is 2.90. The number of aryl methyl sites for hydroxylation is 1. The Morgan fingerprint density at radius 3 is 2.65 bits per heavy atom. The molecule has 0 radical (unpaired) electrons. The lowest BCUT2D eigenvalue weighted by atomic mass is 10.2. The van der Waals surface area contributed by atoms with Crippen molar-refractivity contribution in [3.63, 3.8) is 0 Å². The second-order valence-corrected chi connectivity index (χ2v) is 5.54. The molecule has 2 heterocycles. The van der Waals surface area contributed by atoms with Crippen LogP contribution in [0.3, 0.4) is 0 Å². The number of benzene rings is 1. The van der Waals surface area contributed by atoms with Gasteiger partial charge in [-0.2, -0.15) is 5.26 Å². The summed E-state index contributed by atoms with van der Waals surface area (Å²) in [6.45, 7) is 2.26. The van der Waals surface area contributed by atoms with Gasteiger partial charge < -0.3 is 10.6 Å². The summed E-state index contributed by atoms with van der Waals surface area (Å²) < 4.78 is 0. The maximum atomic E-state index is 12.4. The number of carbonyl (C=O) groups excluding carboxylic acids is 1. The third kappa shape index (κ3) is 4.39. The van der Waals surface area contributed by atoms with Crippen molar-refractivity contribution in [2.75, 3.05) is 10.6 Å². The Hall–Kier alpha value is -3.79. The fourth-order valence-electron chi connectivity index (χ4n) is 2.26. The molecule has 3 aromatic rings. The first kappa shape index (κ1) is 17.0. The normalized spacial score (nSPS) is 10.0. The summed E-state index contributed by atoms with van der Waals surface area (Å²) in [5, 5.41) is 14.7. The molecule has 2 aromatic heterocycles. The number of amides is 1. The van der Waals surface area contributed by atoms with E-state index in [9.17, 15) is 4.79 Å². The van der Waals surface area contributed by atoms with E-state index in [1.165, 1.54) is 0 Å². The van der Waals surface area contributed by atoms with E-state index in [0.717, 1.165) is 5.69 Å². The highest BCUT2D eigenvalue weighted by Gasteiger charge is 2.11. The van der Waals surface area contributed by atoms with Gasteiger partial charge >= 0.3 is 0 Å². The average molecular weight is 344 g/mol. The third-order valence-corrected chi connectivity index (χ3v) is 3.51. The molecule has 0 saturated carbocycles. The van der Waals surface area contributed by atoms with Gasteiger partial charge in [0.1, 0.15) is 5.69 Å². The first-order valence-corrected chi connectivity index (χ1v) is 7.95. The molecule has 0 aliphatic rings. The van der Waals surface area contributed by atoms with Gasteiger partial charge in [0.05, 0.1) is 23.9 Å². The van der Waals surface area contributed by atoms with Crippen LogP contribution in [0, 0.1) is 18.3 Å². The zero-order valence-corrected chi connectivity index (χ0v) is 14.1. The van der Waals surface area contributed by atoms with Crippen molar-refractivity contribution in [3.8, 4) is 6.07 Å². The van der Waals surface area contributed by atoms with E-state index < -0.39 is 0 Å². The van der Waals surface area contributed by atoms with Crippen LogP contribution in [0.4, 0.5) is 11.6 Å². The van der Waals surface area contributed by atoms with Crippen molar-refractivity contribution in [2.24, 2.45) is 0 Å². The Balaban J connectivity index is 1.71. The van der Waals surface area contributed by atoms with Gasteiger partial charge in [-0.15, -0.1) is 0 Å². The van der Waals surface area contributed by atoms with Crippen molar-refractivity contribution < 1.29 is 4.79 Å². The number of nitrogens with one attached hydrogen (secondary N) is 2. The van der Waals surface area contributed by atoms with E-state index in [1.807, 2.05) is 24.3 Å². The molecule has 0 aliphatic carbocycles. The number of hydrogen-bond acceptors (Lipinski definition) is 6. The number of hydrogen-bond donors (Lipinski definition) is 2. The lowest BCUT2D eigenvalue weighted by molar-refractivity contribution is 0.102. The van der Waals surface area contributed by atoms with Crippen molar-refractivity contribution in [1.29, 1.82) is 5.26 Å². The maximum Gasteiger partial charge on any atom is 0.274 e. The van der Waals surface area contributed by atoms with Crippen LogP contribution in [0.25, 0.3) is 0 Å². The van der Waals surface area contributed by atoms with Crippen LogP contribution in [0.15, 0.2) is 54.7 Å². The Labute approximate surface area is 150 Å². The lowest BCUT2D eigenvalue weighted by Gasteiger charge is -2.09. The van der Waals surface area contributed by atoms with Gasteiger partial charge in [0.15, 0.2) is 0 Å². The summed E-state index contributed by atoms with van der Waals surface area (Å²) >= 11 is 0. The largest absolute Gasteiger partial charge is 0.349 e. The fourth-order valence-corrected chi connectivity index (χ4v) is 2.26. The predicted molar refractivity (Wildman–Crippen MR) is 97.4 cm³/mol. The Kier molecular flexibility index (Phi) is 5.15. The Morgan fingerprint density at radius 2 is 1.96 bits per heavy atom. The molecule has 7 heteroatoms. The van der Waals surface area contributed by atoms with Crippen LogP contribution in [0.1, 0.15) is 27.4 Å². The molecule has 7 nitrogen and oxygen atoms in total. The van der Waals surface area contributed by atoms with Gasteiger partial charge in [-0.1, -0.05) is 6.07 Å². The number of nitriles is 1. The molecule has 0 bridgehead atoms. The van der Waals surface area contributed by atoms with Gasteiger partial charge in [0.2, 0.25) is 5.95 Å². The lowest BCUT2D eigenvalue weighted by Crippen LogP contribution is -2.16. The minimum Gasteiger partial charge on any atom is -0.349 e. The van der Waals surface area contributed by atoms with E-state index in [-0.39, 0.29) is 11.6 Å². The van der Waals surface area contributed by atoms with Crippen LogP contribution in [-0.2, 0) is 6.54 Å². The number of nitrogens with zero attached hydrogens (tertiary/aromatic N) is 4. The first-order valence-electron chi connectivity index (χ1n) is 7.95. The highest BCUT2D eigenvalue weighted by molar-refractivity contribution is 6.03. The van der Waals surface area contributed by atoms with Crippen molar-refractivity contribution in [1.82, 2.24) is 15.0 Å². The van der Waals surface area contributed by atoms with Gasteiger partial charge in [-0.05, 0) is 49.4 Å². The van der Waals surface area contributed by atoms with E-state index in [4.69, 9.17) is 5.26 Å². The van der Waals surface area contributed by atoms with Gasteiger partial charge in [0, 0.05) is 17.6 Å². The molecule has 3 rings (SSSR count). The molecular formula is C19H16N6O. The number of anilines is 2. The second-order valence-electron chi connectivity index (χ2n) is 5.54. The Morgan fingerprint density at radius 1 is 1.15 bits per heavy atom. The van der Waals surface area contributed by atoms with Crippen LogP contribution in [0.5, 0.6) is 0 Å². The van der Waals surface area contributed by atoms with E-state index in [0.29, 0.717) is 29.4 Å². The SMILES string of the molecule is Cc1cc(C(=O)Nc2ccc(C#N)cc2)nc(NCc2ccccn2)n1. The molecule has 1 aromatic carbocycles. The smallest absolute Gasteiger partial charge is 0.274 e. The average Bonchev–Trinajstić information content (AvgIpc) is 2.67. The number of aromatic nitrogens is 3. The molecule has 0 atom stereocenters. The molecule has 0 spiro atoms. The van der Waals surface area contributed by atoms with Crippen molar-refractivity contribution >= 4 is 17.5 Å². The highest BCUT2D eigenvalue weighted by atomic mass is 16.1. The summed E-state index contributed by atoms with van der Waals surface area (Å²) in [5.74, 6) is 0.0155.